The molecular weight excluding hydrogens is 889 g/mol. The van der Waals surface area contributed by atoms with Gasteiger partial charge in [0, 0.05) is 19.3 Å². The molecule has 0 aliphatic rings. The van der Waals surface area contributed by atoms with Gasteiger partial charge in [-0.15, -0.1) is 0 Å². The summed E-state index contributed by atoms with van der Waals surface area (Å²) in [5.74, 6) is -0.859. The first-order chi connectivity index (χ1) is 35.5. The second-order valence-electron chi connectivity index (χ2n) is 22.0. The average molecular weight is 1010 g/mol. The van der Waals surface area contributed by atoms with E-state index in [0.717, 1.165) is 64.2 Å². The van der Waals surface area contributed by atoms with Crippen molar-refractivity contribution in [1.82, 2.24) is 0 Å². The number of ether oxygens (including phenoxy) is 3. The van der Waals surface area contributed by atoms with Crippen molar-refractivity contribution < 1.29 is 28.6 Å². The minimum absolute atomic E-state index is 0.0692. The van der Waals surface area contributed by atoms with Gasteiger partial charge in [0.25, 0.3) is 0 Å². The van der Waals surface area contributed by atoms with E-state index < -0.39 is 6.10 Å². The molecule has 72 heavy (non-hydrogen) atoms. The fraction of sp³-hybridized carbons (Fsp3) is 0.894. The molecule has 0 rings (SSSR count). The van der Waals surface area contributed by atoms with Crippen LogP contribution in [0.15, 0.2) is 24.3 Å². The first-order valence-electron chi connectivity index (χ1n) is 32.3. The van der Waals surface area contributed by atoms with Crippen LogP contribution in [0.5, 0.6) is 0 Å². The van der Waals surface area contributed by atoms with Crippen LogP contribution >= 0.6 is 0 Å². The van der Waals surface area contributed by atoms with Crippen molar-refractivity contribution in [2.75, 3.05) is 13.2 Å². The van der Waals surface area contributed by atoms with Crippen LogP contribution in [0.2, 0.25) is 0 Å². The number of hydrogen-bond acceptors (Lipinski definition) is 6. The molecule has 0 spiro atoms. The molecule has 1 unspecified atom stereocenters. The van der Waals surface area contributed by atoms with Crippen molar-refractivity contribution in [3.8, 4) is 0 Å². The van der Waals surface area contributed by atoms with Gasteiger partial charge in [0.05, 0.1) is 0 Å². The zero-order valence-corrected chi connectivity index (χ0v) is 48.7. The molecular formula is C66H124O6. The zero-order valence-electron chi connectivity index (χ0n) is 48.7. The van der Waals surface area contributed by atoms with Crippen LogP contribution in [0, 0.1) is 0 Å². The molecule has 0 aromatic carbocycles. The van der Waals surface area contributed by atoms with E-state index in [-0.39, 0.29) is 31.1 Å². The third-order valence-electron chi connectivity index (χ3n) is 14.7. The number of unbranched alkanes of at least 4 members (excludes halogenated alkanes) is 45. The SMILES string of the molecule is CCCCCCC/C=C\CCCCCCCC(=O)OC(COC(=O)CCCCCCCCCCC)COC(=O)CCCCCCCCCCCCCCCCCCCCC/C=C\CCCCCCCCCC. The first-order valence-corrected chi connectivity index (χ1v) is 32.3. The topological polar surface area (TPSA) is 78.9 Å². The Kier molecular flexibility index (Phi) is 59.6. The van der Waals surface area contributed by atoms with Gasteiger partial charge in [0.1, 0.15) is 13.2 Å². The normalized spacial score (nSPS) is 12.1. The smallest absolute Gasteiger partial charge is 0.306 e. The summed E-state index contributed by atoms with van der Waals surface area (Å²) in [6, 6.07) is 0. The Hall–Kier alpha value is -2.11. The number of rotatable bonds is 60. The van der Waals surface area contributed by atoms with E-state index >= 15 is 0 Å². The van der Waals surface area contributed by atoms with Crippen LogP contribution in [-0.4, -0.2) is 37.2 Å². The number of carbonyl (C=O) groups excluding carboxylic acids is 3. The predicted octanol–water partition coefficient (Wildman–Crippen LogP) is 21.8. The third-order valence-corrected chi connectivity index (χ3v) is 14.7. The predicted molar refractivity (Wildman–Crippen MR) is 312 cm³/mol. The molecule has 0 aromatic rings. The maximum Gasteiger partial charge on any atom is 0.306 e. The minimum Gasteiger partial charge on any atom is -0.462 e. The number of hydrogen-bond donors (Lipinski definition) is 0. The molecule has 6 nitrogen and oxygen atoms in total. The van der Waals surface area contributed by atoms with Gasteiger partial charge in [-0.05, 0) is 70.6 Å². The zero-order chi connectivity index (χ0) is 52.2. The molecule has 0 aliphatic heterocycles. The molecule has 0 saturated heterocycles. The van der Waals surface area contributed by atoms with Crippen LogP contribution in [0.25, 0.3) is 0 Å². The Labute approximate surface area is 449 Å². The van der Waals surface area contributed by atoms with E-state index in [9.17, 15) is 14.4 Å². The van der Waals surface area contributed by atoms with Gasteiger partial charge in [0.15, 0.2) is 6.10 Å². The Morgan fingerprint density at radius 2 is 0.458 bits per heavy atom. The van der Waals surface area contributed by atoms with Crippen LogP contribution in [0.3, 0.4) is 0 Å². The van der Waals surface area contributed by atoms with Crippen molar-refractivity contribution in [3.05, 3.63) is 24.3 Å². The van der Waals surface area contributed by atoms with Gasteiger partial charge >= 0.3 is 17.9 Å². The molecule has 0 radical (unpaired) electrons. The van der Waals surface area contributed by atoms with Crippen LogP contribution in [0.1, 0.15) is 361 Å². The molecule has 424 valence electrons. The number of allylic oxidation sites excluding steroid dienone is 4. The van der Waals surface area contributed by atoms with Gasteiger partial charge in [-0.25, -0.2) is 0 Å². The van der Waals surface area contributed by atoms with Crippen molar-refractivity contribution in [3.63, 3.8) is 0 Å². The molecule has 0 heterocycles. The third kappa shape index (κ3) is 58.8. The monoisotopic (exact) mass is 1010 g/mol. The lowest BCUT2D eigenvalue weighted by molar-refractivity contribution is -0.167. The fourth-order valence-corrected chi connectivity index (χ4v) is 9.79. The summed E-state index contributed by atoms with van der Waals surface area (Å²) in [6.07, 6.45) is 73.6. The van der Waals surface area contributed by atoms with Gasteiger partial charge < -0.3 is 14.2 Å². The second-order valence-corrected chi connectivity index (χ2v) is 22.0. The fourth-order valence-electron chi connectivity index (χ4n) is 9.79. The van der Waals surface area contributed by atoms with Gasteiger partial charge in [-0.3, -0.25) is 14.4 Å². The van der Waals surface area contributed by atoms with Gasteiger partial charge in [0.2, 0.25) is 0 Å². The number of carbonyl (C=O) groups is 3. The lowest BCUT2D eigenvalue weighted by Gasteiger charge is -2.18. The highest BCUT2D eigenvalue weighted by atomic mass is 16.6. The molecule has 0 fully saturated rings. The Balaban J connectivity index is 4.02. The van der Waals surface area contributed by atoms with E-state index in [4.69, 9.17) is 14.2 Å². The highest BCUT2D eigenvalue weighted by Crippen LogP contribution is 2.18. The highest BCUT2D eigenvalue weighted by Gasteiger charge is 2.19. The summed E-state index contributed by atoms with van der Waals surface area (Å²) < 4.78 is 16.9. The molecule has 6 heteroatoms. The molecule has 0 bridgehead atoms. The van der Waals surface area contributed by atoms with Gasteiger partial charge in [-0.2, -0.15) is 0 Å². The van der Waals surface area contributed by atoms with Crippen LogP contribution in [0.4, 0.5) is 0 Å². The maximum atomic E-state index is 12.8. The van der Waals surface area contributed by atoms with Gasteiger partial charge in [-0.1, -0.05) is 295 Å². The van der Waals surface area contributed by atoms with Crippen LogP contribution < -0.4 is 0 Å². The molecule has 0 N–H and O–H groups in total. The molecule has 0 aromatic heterocycles. The van der Waals surface area contributed by atoms with E-state index in [1.54, 1.807) is 0 Å². The van der Waals surface area contributed by atoms with E-state index in [1.807, 2.05) is 0 Å². The van der Waals surface area contributed by atoms with Crippen molar-refractivity contribution in [2.45, 2.75) is 367 Å². The quantitative estimate of drug-likeness (QED) is 0.0261. The second kappa shape index (κ2) is 61.4. The maximum absolute atomic E-state index is 12.8. The molecule has 1 atom stereocenters. The van der Waals surface area contributed by atoms with Crippen LogP contribution in [-0.2, 0) is 28.6 Å². The lowest BCUT2D eigenvalue weighted by atomic mass is 10.0. The highest BCUT2D eigenvalue weighted by molar-refractivity contribution is 5.71. The van der Waals surface area contributed by atoms with E-state index in [2.05, 4.69) is 45.1 Å². The summed E-state index contributed by atoms with van der Waals surface area (Å²) in [4.78, 5) is 38.1. The summed E-state index contributed by atoms with van der Waals surface area (Å²) >= 11 is 0. The minimum atomic E-state index is -0.770. The Morgan fingerprint density at radius 3 is 0.694 bits per heavy atom. The van der Waals surface area contributed by atoms with E-state index in [1.165, 1.54) is 257 Å². The lowest BCUT2D eigenvalue weighted by Crippen LogP contribution is -2.30. The molecule has 0 amide bonds. The summed E-state index contributed by atoms with van der Waals surface area (Å²) in [6.45, 7) is 6.65. The Bertz CT molecular complexity index is 1160. The van der Waals surface area contributed by atoms with Crippen molar-refractivity contribution >= 4 is 17.9 Å². The molecule has 0 aliphatic carbocycles. The average Bonchev–Trinajstić information content (AvgIpc) is 3.38. The largest absolute Gasteiger partial charge is 0.462 e. The summed E-state index contributed by atoms with van der Waals surface area (Å²) in [5, 5.41) is 0. The standard InChI is InChI=1S/C66H124O6/c1-4-7-10-13-16-19-21-23-25-26-27-28-29-30-31-32-33-34-35-36-37-38-39-40-41-43-44-47-50-53-56-59-65(68)71-62-63(61-70-64(67)58-55-52-49-46-18-15-12-9-6-3)72-66(69)60-57-54-51-48-45-42-24-22-20-17-14-11-8-5-2/h22,24,26-27,63H,4-21,23,25,28-62H2,1-3H3/b24-22-,27-26-. The molecule has 0 saturated carbocycles. The summed E-state index contributed by atoms with van der Waals surface area (Å²) in [5.41, 5.74) is 0. The summed E-state index contributed by atoms with van der Waals surface area (Å²) in [7, 11) is 0. The Morgan fingerprint density at radius 1 is 0.264 bits per heavy atom. The first kappa shape index (κ1) is 69.9. The van der Waals surface area contributed by atoms with Crippen molar-refractivity contribution in [2.24, 2.45) is 0 Å². The van der Waals surface area contributed by atoms with E-state index in [0.29, 0.717) is 19.3 Å². The number of esters is 3. The van der Waals surface area contributed by atoms with Crippen molar-refractivity contribution in [1.29, 1.82) is 0 Å².